The lowest BCUT2D eigenvalue weighted by atomic mass is 10.1. The molecule has 1 aliphatic rings. The third kappa shape index (κ3) is 3.93. The quantitative estimate of drug-likeness (QED) is 0.174. The molecule has 3 aromatic heterocycles. The van der Waals surface area contributed by atoms with Crippen molar-refractivity contribution in [2.75, 3.05) is 0 Å². The van der Waals surface area contributed by atoms with Crippen LogP contribution < -0.4 is 20.7 Å². The van der Waals surface area contributed by atoms with Gasteiger partial charge in [-0.25, -0.2) is 9.97 Å². The summed E-state index contributed by atoms with van der Waals surface area (Å²) in [6.45, 7) is 0. The minimum atomic E-state index is -2.95. The van der Waals surface area contributed by atoms with Crippen molar-refractivity contribution >= 4 is 82.1 Å². The predicted octanol–water partition coefficient (Wildman–Crippen LogP) is 8.97. The van der Waals surface area contributed by atoms with Crippen LogP contribution in [0, 0.1) is 0 Å². The van der Waals surface area contributed by atoms with Gasteiger partial charge in [0.25, 0.3) is 0 Å². The van der Waals surface area contributed by atoms with E-state index < -0.39 is 8.07 Å². The lowest BCUT2D eigenvalue weighted by Crippen LogP contribution is -2.73. The van der Waals surface area contributed by atoms with Crippen LogP contribution in [0.1, 0.15) is 0 Å². The Hall–Kier alpha value is -6.14. The Morgan fingerprint density at radius 1 is 0.471 bits per heavy atom. The largest absolute Gasteiger partial charge is 0.294 e. The van der Waals surface area contributed by atoms with E-state index in [9.17, 15) is 0 Å². The highest BCUT2D eigenvalue weighted by Gasteiger charge is 2.52. The summed E-state index contributed by atoms with van der Waals surface area (Å²) in [5.74, 6) is 1.69. The van der Waals surface area contributed by atoms with Gasteiger partial charge in [0.15, 0.2) is 13.9 Å². The van der Waals surface area contributed by atoms with Gasteiger partial charge in [-0.2, -0.15) is 0 Å². The Bertz CT molecular complexity index is 2930. The first-order valence-electron chi connectivity index (χ1n) is 17.3. The normalized spacial score (nSPS) is 13.3. The zero-order valence-corrected chi connectivity index (χ0v) is 29.3. The zero-order chi connectivity index (χ0) is 33.5. The minimum absolute atomic E-state index is 0.734. The van der Waals surface area contributed by atoms with Crippen LogP contribution in [0.5, 0.6) is 0 Å². The molecule has 3 nitrogen and oxygen atoms in total. The number of nitrogens with zero attached hydrogens (tertiary/aromatic N) is 3. The number of thiophene rings is 1. The third-order valence-electron chi connectivity index (χ3n) is 10.7. The standard InChI is InChI=1S/C46H29N3SSi/c1-4-16-30(17-5-1)45-47-43-35-24-12-15-27-40(35)51(31-18-6-2-7-19-31,32-20-8-3-9-21-32)44(43)46(48-45)49-36-25-13-10-22-33(36)41-37(49)28-29-39-42(41)34-23-11-14-26-38(34)50-39/h1-29H. The van der Waals surface area contributed by atoms with Gasteiger partial charge in [0.2, 0.25) is 0 Å². The molecule has 0 amide bonds. The van der Waals surface area contributed by atoms with E-state index in [-0.39, 0.29) is 0 Å². The predicted molar refractivity (Wildman–Crippen MR) is 217 cm³/mol. The van der Waals surface area contributed by atoms with Gasteiger partial charge in [-0.3, -0.25) is 4.57 Å². The fourth-order valence-corrected chi connectivity index (χ4v) is 15.0. The number of hydrogen-bond acceptors (Lipinski definition) is 3. The second-order valence-corrected chi connectivity index (χ2v) is 18.0. The molecule has 0 saturated heterocycles. The Morgan fingerprint density at radius 2 is 1.10 bits per heavy atom. The number of hydrogen-bond donors (Lipinski definition) is 0. The van der Waals surface area contributed by atoms with Gasteiger partial charge in [-0.1, -0.05) is 152 Å². The number of para-hydroxylation sites is 1. The molecule has 0 fully saturated rings. The molecule has 0 N–H and O–H groups in total. The van der Waals surface area contributed by atoms with Gasteiger partial charge in [-0.05, 0) is 39.8 Å². The highest BCUT2D eigenvalue weighted by Crippen LogP contribution is 2.44. The number of fused-ring (bicyclic) bond motifs is 10. The van der Waals surface area contributed by atoms with Gasteiger partial charge in [0.05, 0.1) is 16.7 Å². The van der Waals surface area contributed by atoms with Crippen molar-refractivity contribution in [1.29, 1.82) is 0 Å². The lowest BCUT2D eigenvalue weighted by molar-refractivity contribution is 1.06. The van der Waals surface area contributed by atoms with Gasteiger partial charge in [0, 0.05) is 47.3 Å². The second-order valence-electron chi connectivity index (χ2n) is 13.3. The molecule has 1 aliphatic heterocycles. The maximum Gasteiger partial charge on any atom is 0.187 e. The van der Waals surface area contributed by atoms with E-state index in [0.29, 0.717) is 0 Å². The maximum absolute atomic E-state index is 5.71. The first-order chi connectivity index (χ1) is 25.3. The molecule has 0 bridgehead atoms. The lowest BCUT2D eigenvalue weighted by Gasteiger charge is -2.32. The van der Waals surface area contributed by atoms with Crippen LogP contribution in [-0.4, -0.2) is 22.6 Å². The first kappa shape index (κ1) is 28.7. The monoisotopic (exact) mass is 683 g/mol. The summed E-state index contributed by atoms with van der Waals surface area (Å²) in [4.78, 5) is 11.2. The molecular formula is C46H29N3SSi. The number of rotatable bonds is 4. The Labute approximate surface area is 299 Å². The average Bonchev–Trinajstić information content (AvgIpc) is 3.85. The fraction of sp³-hybridized carbons (Fsp3) is 0. The van der Waals surface area contributed by atoms with E-state index in [4.69, 9.17) is 9.97 Å². The van der Waals surface area contributed by atoms with E-state index in [1.165, 1.54) is 57.3 Å². The molecule has 4 heterocycles. The van der Waals surface area contributed by atoms with Gasteiger partial charge >= 0.3 is 0 Å². The molecule has 11 rings (SSSR count). The van der Waals surface area contributed by atoms with Crippen molar-refractivity contribution in [1.82, 2.24) is 14.5 Å². The van der Waals surface area contributed by atoms with Crippen molar-refractivity contribution in [3.8, 4) is 28.5 Å². The summed E-state index contributed by atoms with van der Waals surface area (Å²) >= 11 is 1.87. The van der Waals surface area contributed by atoms with E-state index in [1.807, 2.05) is 11.3 Å². The van der Waals surface area contributed by atoms with Crippen LogP contribution in [0.15, 0.2) is 176 Å². The molecule has 0 atom stereocenters. The van der Waals surface area contributed by atoms with Crippen molar-refractivity contribution in [3.05, 3.63) is 176 Å². The number of benzene rings is 7. The molecule has 0 unspecified atom stereocenters. The molecule has 238 valence electrons. The smallest absolute Gasteiger partial charge is 0.187 e. The Balaban J connectivity index is 1.38. The molecule has 0 spiro atoms. The molecule has 51 heavy (non-hydrogen) atoms. The fourth-order valence-electron chi connectivity index (χ4n) is 8.66. The van der Waals surface area contributed by atoms with Gasteiger partial charge in [-0.15, -0.1) is 11.3 Å². The second kappa shape index (κ2) is 10.9. The third-order valence-corrected chi connectivity index (χ3v) is 16.7. The Kier molecular flexibility index (Phi) is 6.14. The molecule has 5 heteroatoms. The molecule has 0 radical (unpaired) electrons. The zero-order valence-electron chi connectivity index (χ0n) is 27.5. The van der Waals surface area contributed by atoms with Crippen molar-refractivity contribution in [2.45, 2.75) is 0 Å². The van der Waals surface area contributed by atoms with Crippen LogP contribution in [0.3, 0.4) is 0 Å². The van der Waals surface area contributed by atoms with Crippen LogP contribution in [0.2, 0.25) is 0 Å². The minimum Gasteiger partial charge on any atom is -0.294 e. The highest BCUT2D eigenvalue weighted by atomic mass is 32.1. The summed E-state index contributed by atoms with van der Waals surface area (Å²) in [7, 11) is -2.95. The molecule has 0 aliphatic carbocycles. The van der Waals surface area contributed by atoms with Gasteiger partial charge < -0.3 is 0 Å². The van der Waals surface area contributed by atoms with Crippen LogP contribution in [0.25, 0.3) is 70.4 Å². The molecule has 0 saturated carbocycles. The summed E-state index contributed by atoms with van der Waals surface area (Å²) < 4.78 is 5.07. The van der Waals surface area contributed by atoms with E-state index in [1.54, 1.807) is 0 Å². The first-order valence-corrected chi connectivity index (χ1v) is 20.2. The molecule has 7 aromatic carbocycles. The summed E-state index contributed by atoms with van der Waals surface area (Å²) in [6, 6.07) is 64.0. The topological polar surface area (TPSA) is 30.7 Å². The molecular weight excluding hydrogens is 655 g/mol. The maximum atomic E-state index is 5.71. The van der Waals surface area contributed by atoms with Crippen LogP contribution >= 0.6 is 11.3 Å². The van der Waals surface area contributed by atoms with E-state index in [0.717, 1.165) is 33.9 Å². The van der Waals surface area contributed by atoms with Crippen molar-refractivity contribution in [3.63, 3.8) is 0 Å². The van der Waals surface area contributed by atoms with Crippen molar-refractivity contribution < 1.29 is 0 Å². The van der Waals surface area contributed by atoms with Crippen molar-refractivity contribution in [2.24, 2.45) is 0 Å². The Morgan fingerprint density at radius 3 is 1.86 bits per heavy atom. The SMILES string of the molecule is c1ccc(-c2nc3c(c(-n4c5ccccc5c5c6c(ccc54)sc4ccccc46)n2)[Si](c2ccccc2)(c2ccccc2)c2ccccc2-3)cc1. The van der Waals surface area contributed by atoms with E-state index in [2.05, 4.69) is 180 Å². The highest BCUT2D eigenvalue weighted by molar-refractivity contribution is 7.26. The van der Waals surface area contributed by atoms with E-state index >= 15 is 0 Å². The average molecular weight is 684 g/mol. The summed E-state index contributed by atoms with van der Waals surface area (Å²) in [5, 5.41) is 10.4. The summed E-state index contributed by atoms with van der Waals surface area (Å²) in [6.07, 6.45) is 0. The van der Waals surface area contributed by atoms with Gasteiger partial charge in [0.1, 0.15) is 5.82 Å². The molecule has 10 aromatic rings. The number of aromatic nitrogens is 3. The van der Waals surface area contributed by atoms with Crippen LogP contribution in [-0.2, 0) is 0 Å². The summed E-state index contributed by atoms with van der Waals surface area (Å²) in [5.41, 5.74) is 5.54. The van der Waals surface area contributed by atoms with Crippen LogP contribution in [0.4, 0.5) is 0 Å².